The van der Waals surface area contributed by atoms with E-state index in [9.17, 15) is 14.7 Å². The lowest BCUT2D eigenvalue weighted by Crippen LogP contribution is -2.37. The van der Waals surface area contributed by atoms with Gasteiger partial charge in [0.2, 0.25) is 0 Å². The summed E-state index contributed by atoms with van der Waals surface area (Å²) in [5, 5.41) is 26.1. The van der Waals surface area contributed by atoms with Gasteiger partial charge in [-0.05, 0) is 28.5 Å². The molecule has 0 aliphatic heterocycles. The maximum Gasteiger partial charge on any atom is 0.313 e. The molecule has 1 unspecified atom stereocenters. The Bertz CT molecular complexity index is 1030. The van der Waals surface area contributed by atoms with Gasteiger partial charge in [0.1, 0.15) is 6.07 Å². The number of amides is 2. The van der Waals surface area contributed by atoms with Crippen LogP contribution in [0.5, 0.6) is 0 Å². The van der Waals surface area contributed by atoms with Crippen LogP contribution in [0, 0.1) is 11.3 Å². The standard InChI is InChI=1S/C21H17N3O3/c22-12-15-7-2-4-11-18(15)24-21(27)20(26)23-13-19(25)17-10-5-8-14-6-1-3-9-16(14)17/h1-11,19,25H,13H2,(H,23,26)(H,24,27). The van der Waals surface area contributed by atoms with Crippen LogP contribution in [0.1, 0.15) is 17.2 Å². The van der Waals surface area contributed by atoms with E-state index in [4.69, 9.17) is 5.26 Å². The van der Waals surface area contributed by atoms with E-state index in [0.717, 1.165) is 10.8 Å². The van der Waals surface area contributed by atoms with Gasteiger partial charge in [-0.3, -0.25) is 9.59 Å². The third-order valence-corrected chi connectivity index (χ3v) is 4.14. The molecule has 0 fully saturated rings. The fraction of sp³-hybridized carbons (Fsp3) is 0.0952. The Morgan fingerprint density at radius 3 is 2.48 bits per heavy atom. The average Bonchev–Trinajstić information content (AvgIpc) is 2.71. The number of anilines is 1. The van der Waals surface area contributed by atoms with Crippen molar-refractivity contribution in [2.45, 2.75) is 6.10 Å². The van der Waals surface area contributed by atoms with E-state index >= 15 is 0 Å². The molecule has 0 radical (unpaired) electrons. The van der Waals surface area contributed by atoms with Crippen LogP contribution in [0.2, 0.25) is 0 Å². The smallest absolute Gasteiger partial charge is 0.313 e. The molecule has 0 aromatic heterocycles. The van der Waals surface area contributed by atoms with Crippen LogP contribution in [0.3, 0.4) is 0 Å². The summed E-state index contributed by atoms with van der Waals surface area (Å²) in [5.74, 6) is -1.79. The van der Waals surface area contributed by atoms with Crippen LogP contribution >= 0.6 is 0 Å². The van der Waals surface area contributed by atoms with E-state index in [2.05, 4.69) is 10.6 Å². The maximum absolute atomic E-state index is 12.0. The second-order valence-electron chi connectivity index (χ2n) is 5.91. The normalized spacial score (nSPS) is 11.4. The Balaban J connectivity index is 1.64. The van der Waals surface area contributed by atoms with Gasteiger partial charge >= 0.3 is 11.8 Å². The minimum absolute atomic E-state index is 0.111. The third-order valence-electron chi connectivity index (χ3n) is 4.14. The minimum atomic E-state index is -0.959. The lowest BCUT2D eigenvalue weighted by Gasteiger charge is -2.14. The summed E-state index contributed by atoms with van der Waals surface area (Å²) in [7, 11) is 0. The molecule has 3 N–H and O–H groups in total. The number of hydrogen-bond acceptors (Lipinski definition) is 4. The molecule has 2 amide bonds. The van der Waals surface area contributed by atoms with Crippen molar-refractivity contribution in [1.82, 2.24) is 5.32 Å². The number of nitrogens with zero attached hydrogens (tertiary/aromatic N) is 1. The average molecular weight is 359 g/mol. The fourth-order valence-corrected chi connectivity index (χ4v) is 2.79. The summed E-state index contributed by atoms with van der Waals surface area (Å²) >= 11 is 0. The number of nitrogens with one attached hydrogen (secondary N) is 2. The molecule has 6 heteroatoms. The number of aliphatic hydroxyl groups excluding tert-OH is 1. The second-order valence-corrected chi connectivity index (χ2v) is 5.91. The van der Waals surface area contributed by atoms with E-state index < -0.39 is 17.9 Å². The zero-order valence-corrected chi connectivity index (χ0v) is 14.3. The quantitative estimate of drug-likeness (QED) is 0.623. The number of fused-ring (bicyclic) bond motifs is 1. The van der Waals surface area contributed by atoms with E-state index in [1.165, 1.54) is 12.1 Å². The molecule has 0 saturated heterocycles. The van der Waals surface area contributed by atoms with Crippen LogP contribution in [0.25, 0.3) is 10.8 Å². The molecule has 6 nitrogen and oxygen atoms in total. The van der Waals surface area contributed by atoms with Crippen molar-refractivity contribution in [1.29, 1.82) is 5.26 Å². The first-order valence-electron chi connectivity index (χ1n) is 8.34. The number of nitriles is 1. The molecule has 27 heavy (non-hydrogen) atoms. The molecule has 3 aromatic carbocycles. The first kappa shape index (κ1) is 18.1. The Hall–Kier alpha value is -3.69. The SMILES string of the molecule is N#Cc1ccccc1NC(=O)C(=O)NCC(O)c1cccc2ccccc12. The molecule has 3 aromatic rings. The molecule has 0 spiro atoms. The lowest BCUT2D eigenvalue weighted by atomic mass is 10.0. The predicted molar refractivity (Wildman–Crippen MR) is 102 cm³/mol. The summed E-state index contributed by atoms with van der Waals surface area (Å²) < 4.78 is 0. The molecule has 1 atom stereocenters. The Kier molecular flexibility index (Phi) is 5.45. The van der Waals surface area contributed by atoms with Gasteiger partial charge in [-0.2, -0.15) is 5.26 Å². The van der Waals surface area contributed by atoms with Gasteiger partial charge in [-0.1, -0.05) is 54.6 Å². The van der Waals surface area contributed by atoms with Crippen molar-refractivity contribution in [3.8, 4) is 6.07 Å². The highest BCUT2D eigenvalue weighted by Gasteiger charge is 2.18. The van der Waals surface area contributed by atoms with Crippen molar-refractivity contribution in [2.24, 2.45) is 0 Å². The topological polar surface area (TPSA) is 102 Å². The van der Waals surface area contributed by atoms with E-state index in [1.807, 2.05) is 42.5 Å². The van der Waals surface area contributed by atoms with Crippen LogP contribution in [0.4, 0.5) is 5.69 Å². The summed E-state index contributed by atoms with van der Waals surface area (Å²) in [6.07, 6.45) is -0.959. The largest absolute Gasteiger partial charge is 0.387 e. The van der Waals surface area contributed by atoms with Gasteiger partial charge in [-0.15, -0.1) is 0 Å². The van der Waals surface area contributed by atoms with Gasteiger partial charge < -0.3 is 15.7 Å². The van der Waals surface area contributed by atoms with Crippen LogP contribution in [0.15, 0.2) is 66.7 Å². The van der Waals surface area contributed by atoms with Crippen molar-refractivity contribution in [2.75, 3.05) is 11.9 Å². The van der Waals surface area contributed by atoms with Gasteiger partial charge in [0, 0.05) is 6.54 Å². The highest BCUT2D eigenvalue weighted by atomic mass is 16.3. The number of carbonyl (C=O) groups excluding carboxylic acids is 2. The summed E-state index contributed by atoms with van der Waals surface area (Å²) in [6.45, 7) is -0.111. The number of aliphatic hydroxyl groups is 1. The molecule has 0 saturated carbocycles. The molecule has 0 aliphatic carbocycles. The first-order chi connectivity index (χ1) is 13.1. The summed E-state index contributed by atoms with van der Waals surface area (Å²) in [5.41, 5.74) is 1.19. The van der Waals surface area contributed by atoms with E-state index in [1.54, 1.807) is 18.2 Å². The number of rotatable bonds is 4. The van der Waals surface area contributed by atoms with Crippen LogP contribution in [-0.2, 0) is 9.59 Å². The minimum Gasteiger partial charge on any atom is -0.387 e. The Morgan fingerprint density at radius 1 is 0.963 bits per heavy atom. The molecule has 134 valence electrons. The summed E-state index contributed by atoms with van der Waals surface area (Å²) in [4.78, 5) is 24.1. The van der Waals surface area contributed by atoms with E-state index in [-0.39, 0.29) is 17.8 Å². The van der Waals surface area contributed by atoms with Gasteiger partial charge in [-0.25, -0.2) is 0 Å². The zero-order valence-electron chi connectivity index (χ0n) is 14.3. The van der Waals surface area contributed by atoms with E-state index in [0.29, 0.717) is 5.56 Å². The monoisotopic (exact) mass is 359 g/mol. The molecule has 0 aliphatic rings. The number of benzene rings is 3. The predicted octanol–water partition coefficient (Wildman–Crippen LogP) is 2.50. The number of carbonyl (C=O) groups is 2. The highest BCUT2D eigenvalue weighted by molar-refractivity contribution is 6.39. The Labute approximate surface area is 156 Å². The van der Waals surface area contributed by atoms with Gasteiger partial charge in [0.25, 0.3) is 0 Å². The number of para-hydroxylation sites is 1. The zero-order chi connectivity index (χ0) is 19.2. The van der Waals surface area contributed by atoms with Crippen molar-refractivity contribution < 1.29 is 14.7 Å². The summed E-state index contributed by atoms with van der Waals surface area (Å²) in [6, 6.07) is 21.5. The molecule has 3 rings (SSSR count). The van der Waals surface area contributed by atoms with Crippen LogP contribution in [-0.4, -0.2) is 23.5 Å². The van der Waals surface area contributed by atoms with Crippen molar-refractivity contribution in [3.05, 3.63) is 77.9 Å². The van der Waals surface area contributed by atoms with Gasteiger partial charge in [0.05, 0.1) is 17.4 Å². The molecule has 0 heterocycles. The molecular formula is C21H17N3O3. The lowest BCUT2D eigenvalue weighted by molar-refractivity contribution is -0.136. The Morgan fingerprint density at radius 2 is 1.67 bits per heavy atom. The molecule has 0 bridgehead atoms. The van der Waals surface area contributed by atoms with Crippen molar-refractivity contribution >= 4 is 28.3 Å². The first-order valence-corrected chi connectivity index (χ1v) is 8.34. The van der Waals surface area contributed by atoms with Gasteiger partial charge in [0.15, 0.2) is 0 Å². The third kappa shape index (κ3) is 4.11. The maximum atomic E-state index is 12.0. The number of hydrogen-bond donors (Lipinski definition) is 3. The fourth-order valence-electron chi connectivity index (χ4n) is 2.79. The highest BCUT2D eigenvalue weighted by Crippen LogP contribution is 2.23. The molecular weight excluding hydrogens is 342 g/mol. The van der Waals surface area contributed by atoms with Crippen molar-refractivity contribution in [3.63, 3.8) is 0 Å². The van der Waals surface area contributed by atoms with Crippen LogP contribution < -0.4 is 10.6 Å². The second kappa shape index (κ2) is 8.13.